The van der Waals surface area contributed by atoms with Gasteiger partial charge in [-0.15, -0.1) is 0 Å². The van der Waals surface area contributed by atoms with Gasteiger partial charge in [-0.2, -0.15) is 0 Å². The molecule has 4 aromatic rings. The molecule has 1 atom stereocenters. The Hall–Kier alpha value is -3.76. The number of hydrogen-bond acceptors (Lipinski definition) is 4. The molecule has 0 aromatic heterocycles. The SMILES string of the molecule is COc1cc(C(O)COc2ccccc2-c2ccccc2)ccc1OCc1ccccc1. The Morgan fingerprint density at radius 3 is 2.12 bits per heavy atom. The highest BCUT2D eigenvalue weighted by molar-refractivity contribution is 5.70. The molecular weight excluding hydrogens is 400 g/mol. The highest BCUT2D eigenvalue weighted by atomic mass is 16.5. The lowest BCUT2D eigenvalue weighted by Crippen LogP contribution is -2.10. The van der Waals surface area contributed by atoms with Crippen LogP contribution < -0.4 is 14.2 Å². The highest BCUT2D eigenvalue weighted by Crippen LogP contribution is 2.33. The van der Waals surface area contributed by atoms with Crippen molar-refractivity contribution >= 4 is 0 Å². The molecular formula is C28H26O4. The predicted molar refractivity (Wildman–Crippen MR) is 126 cm³/mol. The Morgan fingerprint density at radius 1 is 0.688 bits per heavy atom. The van der Waals surface area contributed by atoms with E-state index in [1.54, 1.807) is 13.2 Å². The van der Waals surface area contributed by atoms with Gasteiger partial charge in [0.1, 0.15) is 25.1 Å². The van der Waals surface area contributed by atoms with Gasteiger partial charge in [-0.1, -0.05) is 84.9 Å². The minimum absolute atomic E-state index is 0.122. The van der Waals surface area contributed by atoms with Crippen molar-refractivity contribution in [3.8, 4) is 28.4 Å². The van der Waals surface area contributed by atoms with Gasteiger partial charge in [0.2, 0.25) is 0 Å². The zero-order valence-electron chi connectivity index (χ0n) is 18.0. The lowest BCUT2D eigenvalue weighted by atomic mass is 10.0. The number of methoxy groups -OCH3 is 1. The summed E-state index contributed by atoms with van der Waals surface area (Å²) >= 11 is 0. The third-order valence-electron chi connectivity index (χ3n) is 5.18. The summed E-state index contributed by atoms with van der Waals surface area (Å²) in [6.45, 7) is 0.565. The van der Waals surface area contributed by atoms with E-state index in [9.17, 15) is 5.11 Å². The summed E-state index contributed by atoms with van der Waals surface area (Å²) < 4.78 is 17.4. The second-order valence-corrected chi connectivity index (χ2v) is 7.37. The molecule has 4 heteroatoms. The molecule has 4 rings (SSSR count). The number of ether oxygens (including phenoxy) is 3. The van der Waals surface area contributed by atoms with Crippen molar-refractivity contribution in [3.05, 3.63) is 114 Å². The third kappa shape index (κ3) is 5.29. The van der Waals surface area contributed by atoms with Crippen LogP contribution in [0.1, 0.15) is 17.2 Å². The number of hydrogen-bond donors (Lipinski definition) is 1. The molecule has 162 valence electrons. The maximum absolute atomic E-state index is 10.7. The summed E-state index contributed by atoms with van der Waals surface area (Å²) in [7, 11) is 1.59. The summed E-state index contributed by atoms with van der Waals surface area (Å²) in [6, 6.07) is 33.3. The Kier molecular flexibility index (Phi) is 7.05. The summed E-state index contributed by atoms with van der Waals surface area (Å²) in [4.78, 5) is 0. The molecule has 4 nitrogen and oxygen atoms in total. The molecule has 0 heterocycles. The van der Waals surface area contributed by atoms with Gasteiger partial charge < -0.3 is 19.3 Å². The van der Waals surface area contributed by atoms with Crippen molar-refractivity contribution in [2.24, 2.45) is 0 Å². The van der Waals surface area contributed by atoms with E-state index >= 15 is 0 Å². The third-order valence-corrected chi connectivity index (χ3v) is 5.18. The second kappa shape index (κ2) is 10.5. The number of aliphatic hydroxyl groups excluding tert-OH is 1. The van der Waals surface area contributed by atoms with Crippen molar-refractivity contribution in [2.45, 2.75) is 12.7 Å². The molecule has 1 unspecified atom stereocenters. The smallest absolute Gasteiger partial charge is 0.161 e. The van der Waals surface area contributed by atoms with Crippen molar-refractivity contribution < 1.29 is 19.3 Å². The first-order chi connectivity index (χ1) is 15.7. The minimum Gasteiger partial charge on any atom is -0.493 e. The zero-order valence-corrected chi connectivity index (χ0v) is 18.0. The van der Waals surface area contributed by atoms with Crippen LogP contribution in [0.3, 0.4) is 0 Å². The van der Waals surface area contributed by atoms with E-state index in [0.717, 1.165) is 22.4 Å². The first kappa shape index (κ1) is 21.5. The average molecular weight is 427 g/mol. The van der Waals surface area contributed by atoms with Gasteiger partial charge in [-0.3, -0.25) is 0 Å². The fraction of sp³-hybridized carbons (Fsp3) is 0.143. The fourth-order valence-corrected chi connectivity index (χ4v) is 3.46. The van der Waals surface area contributed by atoms with Gasteiger partial charge in [0.25, 0.3) is 0 Å². The molecule has 0 radical (unpaired) electrons. The van der Waals surface area contributed by atoms with Crippen molar-refractivity contribution in [1.29, 1.82) is 0 Å². The number of aliphatic hydroxyl groups is 1. The number of benzene rings is 4. The fourth-order valence-electron chi connectivity index (χ4n) is 3.46. The lowest BCUT2D eigenvalue weighted by molar-refractivity contribution is 0.108. The molecule has 0 aliphatic rings. The van der Waals surface area contributed by atoms with Gasteiger partial charge in [-0.05, 0) is 34.9 Å². The maximum atomic E-state index is 10.7. The van der Waals surface area contributed by atoms with Gasteiger partial charge in [-0.25, -0.2) is 0 Å². The molecule has 0 aliphatic carbocycles. The normalized spacial score (nSPS) is 11.6. The van der Waals surface area contributed by atoms with E-state index in [-0.39, 0.29) is 6.61 Å². The molecule has 0 fully saturated rings. The van der Waals surface area contributed by atoms with Crippen molar-refractivity contribution in [1.82, 2.24) is 0 Å². The van der Waals surface area contributed by atoms with Crippen LogP contribution in [0.15, 0.2) is 103 Å². The highest BCUT2D eigenvalue weighted by Gasteiger charge is 2.14. The van der Waals surface area contributed by atoms with Gasteiger partial charge >= 0.3 is 0 Å². The molecule has 0 saturated heterocycles. The predicted octanol–water partition coefficient (Wildman–Crippen LogP) is 6.05. The molecule has 0 bridgehead atoms. The molecule has 0 aliphatic heterocycles. The number of rotatable bonds is 9. The van der Waals surface area contributed by atoms with E-state index in [2.05, 4.69) is 0 Å². The van der Waals surface area contributed by atoms with Gasteiger partial charge in [0.05, 0.1) is 7.11 Å². The zero-order chi connectivity index (χ0) is 22.2. The standard InChI is InChI=1S/C28H26O4/c1-30-28-18-23(16-17-27(28)31-19-21-10-4-2-5-11-21)25(29)20-32-26-15-9-8-14-24(26)22-12-6-3-7-13-22/h2-18,25,29H,19-20H2,1H3. The first-order valence-electron chi connectivity index (χ1n) is 10.5. The first-order valence-corrected chi connectivity index (χ1v) is 10.5. The molecule has 0 amide bonds. The quantitative estimate of drug-likeness (QED) is 0.354. The second-order valence-electron chi connectivity index (χ2n) is 7.37. The van der Waals surface area contributed by atoms with E-state index < -0.39 is 6.10 Å². The Bertz CT molecular complexity index is 1130. The summed E-state index contributed by atoms with van der Waals surface area (Å²) in [5, 5.41) is 10.7. The van der Waals surface area contributed by atoms with Crippen LogP contribution in [0, 0.1) is 0 Å². The molecule has 0 saturated carbocycles. The Balaban J connectivity index is 1.43. The van der Waals surface area contributed by atoms with E-state index in [4.69, 9.17) is 14.2 Å². The largest absolute Gasteiger partial charge is 0.493 e. The van der Waals surface area contributed by atoms with Crippen LogP contribution in [0.2, 0.25) is 0 Å². The Morgan fingerprint density at radius 2 is 1.38 bits per heavy atom. The molecule has 0 spiro atoms. The summed E-state index contributed by atoms with van der Waals surface area (Å²) in [5.41, 5.74) is 3.83. The number of para-hydroxylation sites is 1. The van der Waals surface area contributed by atoms with E-state index in [1.165, 1.54) is 0 Å². The van der Waals surface area contributed by atoms with E-state index in [0.29, 0.717) is 23.7 Å². The van der Waals surface area contributed by atoms with Crippen LogP contribution in [0.25, 0.3) is 11.1 Å². The molecule has 32 heavy (non-hydrogen) atoms. The summed E-state index contributed by atoms with van der Waals surface area (Å²) in [6.07, 6.45) is -0.809. The van der Waals surface area contributed by atoms with Crippen LogP contribution in [0.4, 0.5) is 0 Å². The van der Waals surface area contributed by atoms with Crippen LogP contribution in [-0.4, -0.2) is 18.8 Å². The molecule has 4 aromatic carbocycles. The van der Waals surface area contributed by atoms with Crippen LogP contribution in [0.5, 0.6) is 17.2 Å². The van der Waals surface area contributed by atoms with Crippen LogP contribution >= 0.6 is 0 Å². The lowest BCUT2D eigenvalue weighted by Gasteiger charge is -2.17. The van der Waals surface area contributed by atoms with Gasteiger partial charge in [0, 0.05) is 5.56 Å². The summed E-state index contributed by atoms with van der Waals surface area (Å²) in [5.74, 6) is 1.93. The van der Waals surface area contributed by atoms with Crippen molar-refractivity contribution in [3.63, 3.8) is 0 Å². The average Bonchev–Trinajstić information content (AvgIpc) is 2.87. The van der Waals surface area contributed by atoms with Crippen LogP contribution in [-0.2, 0) is 6.61 Å². The van der Waals surface area contributed by atoms with E-state index in [1.807, 2.05) is 97.1 Å². The Labute approximate surface area is 188 Å². The van der Waals surface area contributed by atoms with Crippen molar-refractivity contribution in [2.75, 3.05) is 13.7 Å². The van der Waals surface area contributed by atoms with Gasteiger partial charge in [0.15, 0.2) is 11.5 Å². The molecule has 1 N–H and O–H groups in total. The monoisotopic (exact) mass is 426 g/mol. The maximum Gasteiger partial charge on any atom is 0.161 e. The minimum atomic E-state index is -0.809. The topological polar surface area (TPSA) is 47.9 Å².